The summed E-state index contributed by atoms with van der Waals surface area (Å²) in [5.74, 6) is 0.417. The van der Waals surface area contributed by atoms with Gasteiger partial charge < -0.3 is 14.5 Å². The molecule has 7 nitrogen and oxygen atoms in total. The zero-order chi connectivity index (χ0) is 17.1. The molecule has 0 saturated carbocycles. The number of rotatable bonds is 2. The van der Waals surface area contributed by atoms with Gasteiger partial charge in [0.15, 0.2) is 0 Å². The standard InChI is InChI=1S/C17H26N4O3/c1-13-14(2)18-12-21(16(13)22)11-15-3-5-19(6-4-15)17(23)20-7-9-24-10-8-20/h12,15H,3-11H2,1-2H3. The van der Waals surface area contributed by atoms with Crippen LogP contribution in [-0.2, 0) is 11.3 Å². The molecular formula is C17H26N4O3. The molecule has 132 valence electrons. The van der Waals surface area contributed by atoms with Crippen molar-refractivity contribution in [3.63, 3.8) is 0 Å². The Hall–Kier alpha value is -1.89. The van der Waals surface area contributed by atoms with Gasteiger partial charge in [-0.05, 0) is 32.6 Å². The molecule has 0 atom stereocenters. The molecule has 0 bridgehead atoms. The smallest absolute Gasteiger partial charge is 0.320 e. The summed E-state index contributed by atoms with van der Waals surface area (Å²) in [6.07, 6.45) is 3.50. The predicted octanol–water partition coefficient (Wildman–Crippen LogP) is 1.02. The van der Waals surface area contributed by atoms with E-state index in [0.29, 0.717) is 38.8 Å². The number of hydrogen-bond donors (Lipinski definition) is 0. The topological polar surface area (TPSA) is 67.7 Å². The lowest BCUT2D eigenvalue weighted by Crippen LogP contribution is -2.50. The summed E-state index contributed by atoms with van der Waals surface area (Å²) in [5, 5.41) is 0. The average Bonchev–Trinajstić information content (AvgIpc) is 2.63. The van der Waals surface area contributed by atoms with Crippen molar-refractivity contribution in [1.29, 1.82) is 0 Å². The van der Waals surface area contributed by atoms with Crippen LogP contribution in [0.3, 0.4) is 0 Å². The van der Waals surface area contributed by atoms with Gasteiger partial charge >= 0.3 is 6.03 Å². The second-order valence-electron chi connectivity index (χ2n) is 6.72. The highest BCUT2D eigenvalue weighted by molar-refractivity contribution is 5.74. The monoisotopic (exact) mass is 334 g/mol. The van der Waals surface area contributed by atoms with Gasteiger partial charge in [-0.2, -0.15) is 0 Å². The van der Waals surface area contributed by atoms with E-state index >= 15 is 0 Å². The van der Waals surface area contributed by atoms with Gasteiger partial charge in [0.25, 0.3) is 5.56 Å². The van der Waals surface area contributed by atoms with E-state index in [1.54, 1.807) is 10.9 Å². The number of ether oxygens (including phenoxy) is 1. The summed E-state index contributed by atoms with van der Waals surface area (Å²) >= 11 is 0. The van der Waals surface area contributed by atoms with E-state index in [9.17, 15) is 9.59 Å². The summed E-state index contributed by atoms with van der Waals surface area (Å²) < 4.78 is 7.01. The minimum Gasteiger partial charge on any atom is -0.378 e. The fourth-order valence-electron chi connectivity index (χ4n) is 3.35. The molecule has 2 aliphatic heterocycles. The first-order valence-electron chi connectivity index (χ1n) is 8.70. The molecule has 0 unspecified atom stereocenters. The fraction of sp³-hybridized carbons (Fsp3) is 0.706. The summed E-state index contributed by atoms with van der Waals surface area (Å²) in [4.78, 5) is 32.9. The van der Waals surface area contributed by atoms with Gasteiger partial charge in [-0.3, -0.25) is 9.36 Å². The highest BCUT2D eigenvalue weighted by Crippen LogP contribution is 2.20. The number of aromatic nitrogens is 2. The molecule has 3 heterocycles. The predicted molar refractivity (Wildman–Crippen MR) is 90.1 cm³/mol. The summed E-state index contributed by atoms with van der Waals surface area (Å²) in [6.45, 7) is 8.51. The number of carbonyl (C=O) groups excluding carboxylic acids is 1. The highest BCUT2D eigenvalue weighted by atomic mass is 16.5. The number of nitrogens with zero attached hydrogens (tertiary/aromatic N) is 4. The lowest BCUT2D eigenvalue weighted by atomic mass is 9.97. The second-order valence-corrected chi connectivity index (χ2v) is 6.72. The van der Waals surface area contributed by atoms with E-state index in [1.165, 1.54) is 0 Å². The van der Waals surface area contributed by atoms with Gasteiger partial charge in [0.1, 0.15) is 0 Å². The number of hydrogen-bond acceptors (Lipinski definition) is 4. The number of aryl methyl sites for hydroxylation is 1. The Morgan fingerprint density at radius 3 is 2.46 bits per heavy atom. The first-order chi connectivity index (χ1) is 11.6. The second kappa shape index (κ2) is 7.34. The van der Waals surface area contributed by atoms with Crippen LogP contribution in [0.5, 0.6) is 0 Å². The lowest BCUT2D eigenvalue weighted by molar-refractivity contribution is 0.0397. The Morgan fingerprint density at radius 1 is 1.17 bits per heavy atom. The van der Waals surface area contributed by atoms with E-state index in [2.05, 4.69) is 4.98 Å². The number of piperidine rings is 1. The van der Waals surface area contributed by atoms with Gasteiger partial charge in [-0.25, -0.2) is 9.78 Å². The number of urea groups is 1. The first-order valence-corrected chi connectivity index (χ1v) is 8.70. The quantitative estimate of drug-likeness (QED) is 0.810. The summed E-state index contributed by atoms with van der Waals surface area (Å²) in [7, 11) is 0. The number of likely N-dealkylation sites (tertiary alicyclic amines) is 1. The van der Waals surface area contributed by atoms with Crippen LogP contribution in [0, 0.1) is 19.8 Å². The molecule has 7 heteroatoms. The minimum absolute atomic E-state index is 0.0503. The molecule has 3 rings (SSSR count). The van der Waals surface area contributed by atoms with Crippen LogP contribution < -0.4 is 5.56 Å². The Kier molecular flexibility index (Phi) is 5.18. The van der Waals surface area contributed by atoms with Gasteiger partial charge in [-0.15, -0.1) is 0 Å². The van der Waals surface area contributed by atoms with Crippen molar-refractivity contribution in [2.75, 3.05) is 39.4 Å². The van der Waals surface area contributed by atoms with Crippen LogP contribution in [0.15, 0.2) is 11.1 Å². The largest absolute Gasteiger partial charge is 0.378 e. The maximum Gasteiger partial charge on any atom is 0.320 e. The highest BCUT2D eigenvalue weighted by Gasteiger charge is 2.27. The van der Waals surface area contributed by atoms with Crippen molar-refractivity contribution in [2.45, 2.75) is 33.2 Å². The normalized spacial score (nSPS) is 19.6. The molecule has 1 aromatic rings. The molecule has 0 radical (unpaired) electrons. The fourth-order valence-corrected chi connectivity index (χ4v) is 3.35. The maximum absolute atomic E-state index is 12.5. The van der Waals surface area contributed by atoms with Crippen LogP contribution in [-0.4, -0.2) is 64.8 Å². The van der Waals surface area contributed by atoms with Crippen LogP contribution in [0.2, 0.25) is 0 Å². The van der Waals surface area contributed by atoms with Crippen molar-refractivity contribution < 1.29 is 9.53 Å². The van der Waals surface area contributed by atoms with Crippen molar-refractivity contribution in [3.8, 4) is 0 Å². The third kappa shape index (κ3) is 3.61. The lowest BCUT2D eigenvalue weighted by Gasteiger charge is -2.37. The molecular weight excluding hydrogens is 308 g/mol. The average molecular weight is 334 g/mol. The molecule has 0 spiro atoms. The van der Waals surface area contributed by atoms with Gasteiger partial charge in [0.2, 0.25) is 0 Å². The SMILES string of the molecule is Cc1ncn(CC2CCN(C(=O)N3CCOCC3)CC2)c(=O)c1C. The van der Waals surface area contributed by atoms with Crippen LogP contribution in [0.25, 0.3) is 0 Å². The van der Waals surface area contributed by atoms with Crippen LogP contribution in [0.1, 0.15) is 24.1 Å². The molecule has 2 saturated heterocycles. The van der Waals surface area contributed by atoms with Crippen LogP contribution >= 0.6 is 0 Å². The van der Waals surface area contributed by atoms with Gasteiger partial charge in [0, 0.05) is 44.0 Å². The summed E-state index contributed by atoms with van der Waals surface area (Å²) in [6, 6.07) is 0.127. The Balaban J connectivity index is 1.54. The Morgan fingerprint density at radius 2 is 1.79 bits per heavy atom. The van der Waals surface area contributed by atoms with Crippen molar-refractivity contribution >= 4 is 6.03 Å². The van der Waals surface area contributed by atoms with E-state index in [0.717, 1.165) is 37.2 Å². The van der Waals surface area contributed by atoms with E-state index in [4.69, 9.17) is 4.74 Å². The Bertz CT molecular complexity index is 644. The zero-order valence-corrected chi connectivity index (χ0v) is 14.5. The van der Waals surface area contributed by atoms with Crippen LogP contribution in [0.4, 0.5) is 4.79 Å². The Labute approximate surface area is 142 Å². The van der Waals surface area contributed by atoms with Crippen molar-refractivity contribution in [3.05, 3.63) is 27.9 Å². The molecule has 1 aromatic heterocycles. The molecule has 2 amide bonds. The minimum atomic E-state index is 0.0503. The first kappa shape index (κ1) is 17.0. The number of amides is 2. The van der Waals surface area contributed by atoms with Crippen molar-refractivity contribution in [2.24, 2.45) is 5.92 Å². The van der Waals surface area contributed by atoms with Crippen molar-refractivity contribution in [1.82, 2.24) is 19.4 Å². The van der Waals surface area contributed by atoms with E-state index in [1.807, 2.05) is 23.6 Å². The van der Waals surface area contributed by atoms with Gasteiger partial charge in [0.05, 0.1) is 19.5 Å². The molecule has 24 heavy (non-hydrogen) atoms. The molecule has 0 aromatic carbocycles. The molecule has 0 aliphatic carbocycles. The number of morpholine rings is 1. The molecule has 2 aliphatic rings. The number of carbonyl (C=O) groups is 1. The molecule has 0 N–H and O–H groups in total. The van der Waals surface area contributed by atoms with E-state index in [-0.39, 0.29) is 11.6 Å². The molecule has 2 fully saturated rings. The van der Waals surface area contributed by atoms with Gasteiger partial charge in [-0.1, -0.05) is 0 Å². The zero-order valence-electron chi connectivity index (χ0n) is 14.5. The third-order valence-electron chi connectivity index (χ3n) is 5.14. The third-order valence-corrected chi connectivity index (χ3v) is 5.14. The maximum atomic E-state index is 12.5. The summed E-state index contributed by atoms with van der Waals surface area (Å²) in [5.41, 5.74) is 1.56. The van der Waals surface area contributed by atoms with E-state index < -0.39 is 0 Å².